The summed E-state index contributed by atoms with van der Waals surface area (Å²) in [5.41, 5.74) is 4.82. The maximum Gasteiger partial charge on any atom is 0.0756 e. The van der Waals surface area contributed by atoms with E-state index >= 15 is 0 Å². The largest absolute Gasteiger partial charge is 0.389 e. The lowest BCUT2D eigenvalue weighted by Crippen LogP contribution is -2.44. The van der Waals surface area contributed by atoms with Gasteiger partial charge in [0.2, 0.25) is 0 Å². The van der Waals surface area contributed by atoms with Crippen LogP contribution in [0.4, 0.5) is 0 Å². The highest BCUT2D eigenvalue weighted by atomic mass is 16.3. The van der Waals surface area contributed by atoms with Gasteiger partial charge in [0.15, 0.2) is 0 Å². The van der Waals surface area contributed by atoms with Gasteiger partial charge in [-0.2, -0.15) is 0 Å². The van der Waals surface area contributed by atoms with Crippen molar-refractivity contribution in [3.63, 3.8) is 0 Å². The number of nitrogens with two attached hydrogens (primary N) is 1. The molecule has 0 amide bonds. The molecule has 0 saturated carbocycles. The van der Waals surface area contributed by atoms with E-state index in [-0.39, 0.29) is 0 Å². The first-order valence-corrected chi connectivity index (χ1v) is 6.79. The lowest BCUT2D eigenvalue weighted by molar-refractivity contribution is 0.0323. The molecule has 102 valence electrons. The second-order valence-corrected chi connectivity index (χ2v) is 5.78. The van der Waals surface area contributed by atoms with Crippen LogP contribution in [0.1, 0.15) is 33.1 Å². The van der Waals surface area contributed by atoms with Crippen LogP contribution in [0.3, 0.4) is 0 Å². The average Bonchev–Trinajstić information content (AvgIpc) is 2.78. The number of rotatable bonds is 7. The molecule has 1 rings (SSSR count). The van der Waals surface area contributed by atoms with Crippen LogP contribution >= 0.6 is 0 Å². The number of hydrogen-bond donors (Lipinski definition) is 2. The van der Waals surface area contributed by atoms with Gasteiger partial charge in [-0.1, -0.05) is 0 Å². The van der Waals surface area contributed by atoms with Gasteiger partial charge in [-0.3, -0.25) is 0 Å². The fourth-order valence-electron chi connectivity index (χ4n) is 2.40. The van der Waals surface area contributed by atoms with E-state index in [1.54, 1.807) is 0 Å². The molecular weight excluding hydrogens is 214 g/mol. The zero-order chi connectivity index (χ0) is 12.9. The second-order valence-electron chi connectivity index (χ2n) is 5.78. The highest BCUT2D eigenvalue weighted by molar-refractivity contribution is 4.80. The molecule has 1 saturated heterocycles. The fraction of sp³-hybridized carbons (Fsp3) is 1.00. The summed E-state index contributed by atoms with van der Waals surface area (Å²) in [6.45, 7) is 9.03. The molecular formula is C13H29N3O. The molecule has 0 bridgehead atoms. The molecule has 0 aliphatic carbocycles. The van der Waals surface area contributed by atoms with E-state index in [9.17, 15) is 5.11 Å². The van der Waals surface area contributed by atoms with Crippen molar-refractivity contribution in [2.24, 2.45) is 5.73 Å². The number of nitrogens with zero attached hydrogens (tertiary/aromatic N) is 2. The summed E-state index contributed by atoms with van der Waals surface area (Å²) >= 11 is 0. The number of likely N-dealkylation sites (N-methyl/N-ethyl adjacent to an activating group) is 1. The van der Waals surface area contributed by atoms with E-state index in [0.717, 1.165) is 19.5 Å². The van der Waals surface area contributed by atoms with Gasteiger partial charge in [0, 0.05) is 25.7 Å². The van der Waals surface area contributed by atoms with Gasteiger partial charge < -0.3 is 20.6 Å². The molecule has 1 heterocycles. The molecule has 4 heteroatoms. The smallest absolute Gasteiger partial charge is 0.0756 e. The molecule has 1 aliphatic heterocycles. The second kappa shape index (κ2) is 6.69. The van der Waals surface area contributed by atoms with Gasteiger partial charge in [-0.25, -0.2) is 0 Å². The minimum atomic E-state index is -0.735. The Morgan fingerprint density at radius 2 is 2.00 bits per heavy atom. The third-order valence-corrected chi connectivity index (χ3v) is 3.89. The Kier molecular flexibility index (Phi) is 5.86. The molecule has 17 heavy (non-hydrogen) atoms. The summed E-state index contributed by atoms with van der Waals surface area (Å²) in [5.74, 6) is 0. The zero-order valence-corrected chi connectivity index (χ0v) is 11.7. The van der Waals surface area contributed by atoms with Crippen LogP contribution in [0.5, 0.6) is 0 Å². The SMILES string of the molecule is CC(CC(C)(O)CN)N(C)CCN1CCCC1. The van der Waals surface area contributed by atoms with Crippen LogP contribution in [0.2, 0.25) is 0 Å². The Morgan fingerprint density at radius 1 is 1.41 bits per heavy atom. The van der Waals surface area contributed by atoms with Crippen molar-refractivity contribution < 1.29 is 5.11 Å². The number of aliphatic hydroxyl groups is 1. The minimum Gasteiger partial charge on any atom is -0.389 e. The van der Waals surface area contributed by atoms with Gasteiger partial charge in [0.05, 0.1) is 5.60 Å². The lowest BCUT2D eigenvalue weighted by Gasteiger charge is -2.32. The van der Waals surface area contributed by atoms with E-state index < -0.39 is 5.60 Å². The summed E-state index contributed by atoms with van der Waals surface area (Å²) < 4.78 is 0. The Hall–Kier alpha value is -0.160. The molecule has 0 radical (unpaired) electrons. The standard InChI is InChI=1S/C13H29N3O/c1-12(10-13(2,17)11-14)15(3)8-9-16-6-4-5-7-16/h12,17H,4-11,14H2,1-3H3. The minimum absolute atomic E-state index is 0.331. The van der Waals surface area contributed by atoms with Crippen molar-refractivity contribution in [1.82, 2.24) is 9.80 Å². The van der Waals surface area contributed by atoms with Crippen molar-refractivity contribution in [2.45, 2.75) is 44.8 Å². The molecule has 2 unspecified atom stereocenters. The van der Waals surface area contributed by atoms with Crippen LogP contribution in [-0.4, -0.2) is 66.3 Å². The van der Waals surface area contributed by atoms with Crippen molar-refractivity contribution in [2.75, 3.05) is 39.8 Å². The highest BCUT2D eigenvalue weighted by Gasteiger charge is 2.23. The Bertz CT molecular complexity index is 215. The number of hydrogen-bond acceptors (Lipinski definition) is 4. The molecule has 0 spiro atoms. The topological polar surface area (TPSA) is 52.7 Å². The predicted octanol–water partition coefficient (Wildman–Crippen LogP) is 0.502. The van der Waals surface area contributed by atoms with Crippen LogP contribution in [-0.2, 0) is 0 Å². The predicted molar refractivity (Wildman–Crippen MR) is 72.1 cm³/mol. The van der Waals surface area contributed by atoms with Gasteiger partial charge in [0.1, 0.15) is 0 Å². The van der Waals surface area contributed by atoms with E-state index in [4.69, 9.17) is 5.73 Å². The summed E-state index contributed by atoms with van der Waals surface area (Å²) in [5, 5.41) is 9.96. The van der Waals surface area contributed by atoms with Crippen LogP contribution in [0.25, 0.3) is 0 Å². The molecule has 1 aliphatic rings. The molecule has 0 aromatic carbocycles. The fourth-order valence-corrected chi connectivity index (χ4v) is 2.40. The normalized spacial score (nSPS) is 22.9. The van der Waals surface area contributed by atoms with Gasteiger partial charge >= 0.3 is 0 Å². The van der Waals surface area contributed by atoms with Gasteiger partial charge in [-0.05, 0) is 53.2 Å². The first kappa shape index (κ1) is 14.9. The maximum atomic E-state index is 9.96. The summed E-state index contributed by atoms with van der Waals surface area (Å²) in [6, 6.07) is 0.371. The first-order chi connectivity index (χ1) is 7.94. The lowest BCUT2D eigenvalue weighted by atomic mass is 9.97. The van der Waals surface area contributed by atoms with Crippen molar-refractivity contribution >= 4 is 0 Å². The van der Waals surface area contributed by atoms with Crippen molar-refractivity contribution in [3.8, 4) is 0 Å². The monoisotopic (exact) mass is 243 g/mol. The molecule has 0 aromatic heterocycles. The summed E-state index contributed by atoms with van der Waals surface area (Å²) in [6.07, 6.45) is 3.43. The van der Waals surface area contributed by atoms with Crippen molar-refractivity contribution in [1.29, 1.82) is 0 Å². The molecule has 3 N–H and O–H groups in total. The first-order valence-electron chi connectivity index (χ1n) is 6.79. The molecule has 0 aromatic rings. The van der Waals surface area contributed by atoms with E-state index in [1.807, 2.05) is 6.92 Å². The Balaban J connectivity index is 2.23. The molecule has 1 fully saturated rings. The Morgan fingerprint density at radius 3 is 2.53 bits per heavy atom. The van der Waals surface area contributed by atoms with E-state index in [0.29, 0.717) is 12.6 Å². The zero-order valence-electron chi connectivity index (χ0n) is 11.7. The quantitative estimate of drug-likeness (QED) is 0.684. The third-order valence-electron chi connectivity index (χ3n) is 3.89. The Labute approximate surface area is 106 Å². The average molecular weight is 243 g/mol. The molecule has 4 nitrogen and oxygen atoms in total. The van der Waals surface area contributed by atoms with E-state index in [1.165, 1.54) is 25.9 Å². The van der Waals surface area contributed by atoms with Crippen LogP contribution in [0, 0.1) is 0 Å². The summed E-state index contributed by atoms with van der Waals surface area (Å²) in [7, 11) is 2.13. The van der Waals surface area contributed by atoms with Crippen LogP contribution in [0.15, 0.2) is 0 Å². The summed E-state index contributed by atoms with van der Waals surface area (Å²) in [4.78, 5) is 4.84. The van der Waals surface area contributed by atoms with Gasteiger partial charge in [-0.15, -0.1) is 0 Å². The van der Waals surface area contributed by atoms with Gasteiger partial charge in [0.25, 0.3) is 0 Å². The van der Waals surface area contributed by atoms with Crippen molar-refractivity contribution in [3.05, 3.63) is 0 Å². The van der Waals surface area contributed by atoms with Crippen LogP contribution < -0.4 is 5.73 Å². The maximum absolute atomic E-state index is 9.96. The third kappa shape index (κ3) is 5.34. The molecule has 2 atom stereocenters. The number of likely N-dealkylation sites (tertiary alicyclic amines) is 1. The van der Waals surface area contributed by atoms with E-state index in [2.05, 4.69) is 23.8 Å². The highest BCUT2D eigenvalue weighted by Crippen LogP contribution is 2.14.